The highest BCUT2D eigenvalue weighted by Gasteiger charge is 2.24. The molecule has 3 nitrogen and oxygen atoms in total. The lowest BCUT2D eigenvalue weighted by Crippen LogP contribution is -2.32. The van der Waals surface area contributed by atoms with Crippen LogP contribution in [0.3, 0.4) is 0 Å². The van der Waals surface area contributed by atoms with Gasteiger partial charge in [0.15, 0.2) is 0 Å². The maximum absolute atomic E-state index is 4.38. The number of guanidine groups is 1. The highest BCUT2D eigenvalue weighted by atomic mass is 15.3. The summed E-state index contributed by atoms with van der Waals surface area (Å²) >= 11 is 0. The van der Waals surface area contributed by atoms with Gasteiger partial charge in [0, 0.05) is 6.21 Å². The fourth-order valence-corrected chi connectivity index (χ4v) is 1.74. The Morgan fingerprint density at radius 2 is 2.20 bits per heavy atom. The van der Waals surface area contributed by atoms with Gasteiger partial charge in [0.2, 0.25) is 5.96 Å². The van der Waals surface area contributed by atoms with Crippen LogP contribution >= 0.6 is 0 Å². The molecule has 0 atom stereocenters. The molecule has 0 N–H and O–H groups in total. The Balaban J connectivity index is 2.20. The largest absolute Gasteiger partial charge is 0.279 e. The summed E-state index contributed by atoms with van der Waals surface area (Å²) in [5, 5.41) is 0. The maximum Gasteiger partial charge on any atom is 0.235 e. The van der Waals surface area contributed by atoms with Gasteiger partial charge in [-0.2, -0.15) is 0 Å². The molecule has 0 radical (unpaired) electrons. The number of rotatable bonds is 1. The second kappa shape index (κ2) is 2.92. The summed E-state index contributed by atoms with van der Waals surface area (Å²) in [6, 6.07) is 0. The second-order valence-corrected chi connectivity index (χ2v) is 3.34. The van der Waals surface area contributed by atoms with Crippen LogP contribution in [0.25, 0.3) is 0 Å². The van der Waals surface area contributed by atoms with E-state index >= 15 is 0 Å². The van der Waals surface area contributed by atoms with Gasteiger partial charge in [-0.25, -0.2) is 9.98 Å². The van der Waals surface area contributed by atoms with E-state index < -0.39 is 0 Å². The van der Waals surface area contributed by atoms with Crippen molar-refractivity contribution in [1.82, 2.24) is 4.90 Å². The quantitative estimate of drug-likeness (QED) is 0.630. The molecule has 0 aromatic heterocycles. The maximum atomic E-state index is 4.38. The van der Waals surface area contributed by atoms with E-state index in [2.05, 4.69) is 16.6 Å². The van der Waals surface area contributed by atoms with Crippen LogP contribution in [0.2, 0.25) is 0 Å². The van der Waals surface area contributed by atoms with Gasteiger partial charge in [0.25, 0.3) is 0 Å². The molecule has 15 heavy (non-hydrogen) atoms. The molecule has 3 aliphatic heterocycles. The molecule has 0 amide bonds. The third-order valence-electron chi connectivity index (χ3n) is 2.42. The minimum atomic E-state index is 0.709. The molecule has 0 fully saturated rings. The number of hydrogen-bond acceptors (Lipinski definition) is 3. The van der Waals surface area contributed by atoms with Gasteiger partial charge in [-0.05, 0) is 30.4 Å². The molecule has 0 saturated carbocycles. The average Bonchev–Trinajstić information content (AvgIpc) is 2.29. The number of nitrogens with zero attached hydrogens (tertiary/aromatic N) is 3. The van der Waals surface area contributed by atoms with Crippen LogP contribution in [0.4, 0.5) is 0 Å². The first kappa shape index (κ1) is 8.17. The smallest absolute Gasteiger partial charge is 0.235 e. The van der Waals surface area contributed by atoms with Crippen molar-refractivity contribution in [2.24, 2.45) is 9.98 Å². The Morgan fingerprint density at radius 3 is 3.07 bits per heavy atom. The monoisotopic (exact) mass is 195 g/mol. The van der Waals surface area contributed by atoms with Crippen LogP contribution in [-0.4, -0.2) is 17.1 Å². The lowest BCUT2D eigenvalue weighted by molar-refractivity contribution is 0.643. The summed E-state index contributed by atoms with van der Waals surface area (Å²) in [5.74, 6) is 0.709. The molecule has 0 aliphatic carbocycles. The number of allylic oxidation sites excluding steroid dienone is 6. The summed E-state index contributed by atoms with van der Waals surface area (Å²) < 4.78 is 0. The van der Waals surface area contributed by atoms with Crippen LogP contribution < -0.4 is 0 Å². The predicted molar refractivity (Wildman–Crippen MR) is 61.4 cm³/mol. The van der Waals surface area contributed by atoms with E-state index in [4.69, 9.17) is 0 Å². The van der Waals surface area contributed by atoms with Crippen molar-refractivity contribution in [1.29, 1.82) is 0 Å². The topological polar surface area (TPSA) is 28.0 Å². The van der Waals surface area contributed by atoms with Gasteiger partial charge in [0.1, 0.15) is 0 Å². The molecule has 0 bridgehead atoms. The Labute approximate surface area is 87.8 Å². The lowest BCUT2D eigenvalue weighted by Gasteiger charge is -2.31. The van der Waals surface area contributed by atoms with Gasteiger partial charge < -0.3 is 0 Å². The number of aliphatic imine (C=N–C) groups is 2. The van der Waals surface area contributed by atoms with Crippen LogP contribution in [0.15, 0.2) is 70.1 Å². The molecule has 3 heterocycles. The summed E-state index contributed by atoms with van der Waals surface area (Å²) in [6.45, 7) is 3.72. The highest BCUT2D eigenvalue weighted by molar-refractivity contribution is 5.99. The van der Waals surface area contributed by atoms with Gasteiger partial charge in [-0.1, -0.05) is 12.7 Å². The molecule has 3 rings (SSSR count). The van der Waals surface area contributed by atoms with E-state index in [9.17, 15) is 0 Å². The minimum absolute atomic E-state index is 0.709. The van der Waals surface area contributed by atoms with Crippen molar-refractivity contribution in [2.75, 3.05) is 0 Å². The van der Waals surface area contributed by atoms with Crippen LogP contribution in [0, 0.1) is 0 Å². The first-order valence-corrected chi connectivity index (χ1v) is 4.74. The molecular weight excluding hydrogens is 186 g/mol. The van der Waals surface area contributed by atoms with Gasteiger partial charge in [-0.15, -0.1) is 0 Å². The zero-order chi connectivity index (χ0) is 10.3. The van der Waals surface area contributed by atoms with E-state index in [1.807, 2.05) is 35.3 Å². The Morgan fingerprint density at radius 1 is 1.27 bits per heavy atom. The van der Waals surface area contributed by atoms with Crippen LogP contribution in [-0.2, 0) is 0 Å². The molecule has 3 heteroatoms. The van der Waals surface area contributed by atoms with Crippen LogP contribution in [0.1, 0.15) is 0 Å². The molecule has 0 unspecified atom stereocenters. The molecule has 0 aromatic carbocycles. The van der Waals surface area contributed by atoms with E-state index in [0.29, 0.717) is 5.96 Å². The predicted octanol–water partition coefficient (Wildman–Crippen LogP) is 2.15. The van der Waals surface area contributed by atoms with Crippen molar-refractivity contribution in [2.45, 2.75) is 0 Å². The Kier molecular flexibility index (Phi) is 1.59. The van der Waals surface area contributed by atoms with Crippen molar-refractivity contribution >= 4 is 12.2 Å². The minimum Gasteiger partial charge on any atom is -0.279 e. The zero-order valence-corrected chi connectivity index (χ0v) is 8.09. The SMILES string of the molecule is C=CC1=CC2=CC=CC3=CC=NC(=N1)N32. The molecular formula is C12H9N3. The van der Waals surface area contributed by atoms with Crippen molar-refractivity contribution in [3.63, 3.8) is 0 Å². The molecule has 0 spiro atoms. The number of hydrogen-bond donors (Lipinski definition) is 0. The molecule has 3 aliphatic rings. The van der Waals surface area contributed by atoms with E-state index in [1.54, 1.807) is 12.3 Å². The van der Waals surface area contributed by atoms with Crippen LogP contribution in [0.5, 0.6) is 0 Å². The summed E-state index contributed by atoms with van der Waals surface area (Å²) in [5.41, 5.74) is 3.03. The summed E-state index contributed by atoms with van der Waals surface area (Å²) in [6.07, 6.45) is 13.6. The Hall–Kier alpha value is -2.16. The van der Waals surface area contributed by atoms with Crippen molar-refractivity contribution in [3.8, 4) is 0 Å². The molecule has 0 aromatic rings. The molecule has 72 valence electrons. The molecule has 0 saturated heterocycles. The summed E-state index contributed by atoms with van der Waals surface area (Å²) in [4.78, 5) is 10.6. The van der Waals surface area contributed by atoms with Gasteiger partial charge in [0.05, 0.1) is 17.1 Å². The normalized spacial score (nSPS) is 21.2. The van der Waals surface area contributed by atoms with Crippen molar-refractivity contribution < 1.29 is 0 Å². The lowest BCUT2D eigenvalue weighted by atomic mass is 10.1. The fraction of sp³-hybridized carbons (Fsp3) is 0. The van der Waals surface area contributed by atoms with E-state index in [-0.39, 0.29) is 0 Å². The Bertz CT molecular complexity index is 511. The average molecular weight is 195 g/mol. The van der Waals surface area contributed by atoms with E-state index in [0.717, 1.165) is 17.1 Å². The van der Waals surface area contributed by atoms with Gasteiger partial charge >= 0.3 is 0 Å². The van der Waals surface area contributed by atoms with Gasteiger partial charge in [-0.3, -0.25) is 4.90 Å². The fourth-order valence-electron chi connectivity index (χ4n) is 1.74. The van der Waals surface area contributed by atoms with E-state index in [1.165, 1.54) is 0 Å². The zero-order valence-electron chi connectivity index (χ0n) is 8.09. The first-order chi connectivity index (χ1) is 7.38. The van der Waals surface area contributed by atoms with Crippen molar-refractivity contribution in [3.05, 3.63) is 60.1 Å². The second-order valence-electron chi connectivity index (χ2n) is 3.34. The standard InChI is InChI=1S/C12H9N3/c1-2-9-8-11-5-3-4-10-6-7-13-12(14-9)15(10)11/h2-8H,1H2. The summed E-state index contributed by atoms with van der Waals surface area (Å²) in [7, 11) is 0. The third kappa shape index (κ3) is 1.13. The highest BCUT2D eigenvalue weighted by Crippen LogP contribution is 2.28. The third-order valence-corrected chi connectivity index (χ3v) is 2.42. The first-order valence-electron chi connectivity index (χ1n) is 4.74.